The number of aliphatic hydroxyl groups is 1. The largest absolute Gasteiger partial charge is 0.497 e. The van der Waals surface area contributed by atoms with Crippen molar-refractivity contribution in [3.63, 3.8) is 0 Å². The van der Waals surface area contributed by atoms with Crippen LogP contribution >= 0.6 is 0 Å². The first-order chi connectivity index (χ1) is 20.6. The summed E-state index contributed by atoms with van der Waals surface area (Å²) in [4.78, 5) is 42.6. The number of nitrogens with one attached hydrogen (secondary N) is 3. The molecule has 228 valence electrons. The summed E-state index contributed by atoms with van der Waals surface area (Å²) in [6, 6.07) is 15.5. The molecule has 0 fully saturated rings. The zero-order valence-electron chi connectivity index (χ0n) is 24.5. The van der Waals surface area contributed by atoms with Crippen molar-refractivity contribution in [3.8, 4) is 11.5 Å². The number of nitrogens with zero attached hydrogens (tertiary/aromatic N) is 2. The SMILES string of the molecule is COc1ccc(NC(=O)N(C)C[C@@H]2Oc3c(NC(=O)Nc4ccc(F)cc4)cccc3C(=O)N([C@H](C)CO)C[C@@H]2C)cc1. The molecule has 0 unspecified atom stereocenters. The van der Waals surface area contributed by atoms with E-state index in [1.807, 2.05) is 6.92 Å². The average molecular weight is 594 g/mol. The second-order valence-electron chi connectivity index (χ2n) is 10.4. The van der Waals surface area contributed by atoms with Crippen molar-refractivity contribution in [3.05, 3.63) is 78.1 Å². The number of ether oxygens (including phenoxy) is 2. The van der Waals surface area contributed by atoms with Crippen molar-refractivity contribution in [2.24, 2.45) is 5.92 Å². The molecule has 4 rings (SSSR count). The number of urea groups is 2. The number of halogens is 1. The molecular weight excluding hydrogens is 557 g/mol. The molecule has 0 bridgehead atoms. The molecule has 0 saturated heterocycles. The van der Waals surface area contributed by atoms with E-state index in [0.717, 1.165) is 0 Å². The van der Waals surface area contributed by atoms with E-state index < -0.39 is 24.0 Å². The second-order valence-corrected chi connectivity index (χ2v) is 10.4. The number of hydrogen-bond donors (Lipinski definition) is 4. The van der Waals surface area contributed by atoms with E-state index in [-0.39, 0.29) is 54.6 Å². The van der Waals surface area contributed by atoms with Crippen LogP contribution in [0.3, 0.4) is 0 Å². The molecule has 3 atom stereocenters. The predicted molar refractivity (Wildman–Crippen MR) is 161 cm³/mol. The van der Waals surface area contributed by atoms with Gasteiger partial charge in [0.25, 0.3) is 5.91 Å². The Balaban J connectivity index is 1.59. The molecule has 0 aliphatic carbocycles. The van der Waals surface area contributed by atoms with E-state index in [9.17, 15) is 23.9 Å². The monoisotopic (exact) mass is 593 g/mol. The van der Waals surface area contributed by atoms with Crippen LogP contribution in [0.2, 0.25) is 0 Å². The highest BCUT2D eigenvalue weighted by atomic mass is 19.1. The van der Waals surface area contributed by atoms with Gasteiger partial charge in [0, 0.05) is 30.9 Å². The van der Waals surface area contributed by atoms with Gasteiger partial charge in [0.2, 0.25) is 0 Å². The van der Waals surface area contributed by atoms with Gasteiger partial charge >= 0.3 is 12.1 Å². The summed E-state index contributed by atoms with van der Waals surface area (Å²) in [6.07, 6.45) is -0.602. The number of fused-ring (bicyclic) bond motifs is 1. The number of likely N-dealkylation sites (N-methyl/N-ethyl adjacent to an activating group) is 1. The van der Waals surface area contributed by atoms with Crippen LogP contribution in [0, 0.1) is 11.7 Å². The highest BCUT2D eigenvalue weighted by Gasteiger charge is 2.35. The molecular formula is C31H36FN5O6. The first-order valence-corrected chi connectivity index (χ1v) is 13.8. The molecule has 4 N–H and O–H groups in total. The van der Waals surface area contributed by atoms with Gasteiger partial charge in [-0.25, -0.2) is 14.0 Å². The van der Waals surface area contributed by atoms with Gasteiger partial charge in [0.15, 0.2) is 5.75 Å². The molecule has 0 aromatic heterocycles. The van der Waals surface area contributed by atoms with Crippen LogP contribution in [0.1, 0.15) is 24.2 Å². The first-order valence-electron chi connectivity index (χ1n) is 13.8. The Morgan fingerprint density at radius 1 is 1.07 bits per heavy atom. The zero-order valence-corrected chi connectivity index (χ0v) is 24.5. The number of amides is 5. The number of anilines is 3. The third-order valence-corrected chi connectivity index (χ3v) is 7.18. The Kier molecular flexibility index (Phi) is 10.0. The van der Waals surface area contributed by atoms with Gasteiger partial charge in [-0.3, -0.25) is 4.79 Å². The van der Waals surface area contributed by atoms with E-state index in [2.05, 4.69) is 16.0 Å². The Labute approximate surface area is 249 Å². The minimum Gasteiger partial charge on any atom is -0.497 e. The summed E-state index contributed by atoms with van der Waals surface area (Å²) in [5.41, 5.74) is 1.38. The number of carbonyl (C=O) groups is 3. The van der Waals surface area contributed by atoms with Crippen molar-refractivity contribution < 1.29 is 33.4 Å². The van der Waals surface area contributed by atoms with Crippen molar-refractivity contribution in [1.82, 2.24) is 9.80 Å². The lowest BCUT2D eigenvalue weighted by Gasteiger charge is -2.38. The number of benzene rings is 3. The molecule has 0 saturated carbocycles. The predicted octanol–water partition coefficient (Wildman–Crippen LogP) is 4.86. The van der Waals surface area contributed by atoms with Crippen LogP contribution in [0.25, 0.3) is 0 Å². The van der Waals surface area contributed by atoms with Crippen molar-refractivity contribution in [2.75, 3.05) is 49.8 Å². The highest BCUT2D eigenvalue weighted by molar-refractivity contribution is 6.04. The number of hydrogen-bond acceptors (Lipinski definition) is 6. The topological polar surface area (TPSA) is 132 Å². The fraction of sp³-hybridized carbons (Fsp3) is 0.323. The maximum Gasteiger partial charge on any atom is 0.323 e. The van der Waals surface area contributed by atoms with Crippen LogP contribution in [0.15, 0.2) is 66.7 Å². The lowest BCUT2D eigenvalue weighted by molar-refractivity contribution is 0.0373. The first kappa shape index (κ1) is 31.1. The molecule has 3 aromatic carbocycles. The fourth-order valence-corrected chi connectivity index (χ4v) is 4.62. The van der Waals surface area contributed by atoms with Gasteiger partial charge < -0.3 is 40.3 Å². The van der Waals surface area contributed by atoms with Gasteiger partial charge in [-0.15, -0.1) is 0 Å². The van der Waals surface area contributed by atoms with Gasteiger partial charge in [-0.1, -0.05) is 13.0 Å². The van der Waals surface area contributed by atoms with Crippen LogP contribution in [-0.4, -0.2) is 78.9 Å². The van der Waals surface area contributed by atoms with E-state index in [1.54, 1.807) is 68.4 Å². The lowest BCUT2D eigenvalue weighted by atomic mass is 9.99. The van der Waals surface area contributed by atoms with Crippen LogP contribution in [0.5, 0.6) is 11.5 Å². The molecule has 43 heavy (non-hydrogen) atoms. The Hall–Kier alpha value is -4.84. The highest BCUT2D eigenvalue weighted by Crippen LogP contribution is 2.35. The maximum atomic E-state index is 13.7. The minimum atomic E-state index is -0.626. The molecule has 11 nitrogen and oxygen atoms in total. The van der Waals surface area contributed by atoms with E-state index in [1.165, 1.54) is 29.2 Å². The third-order valence-electron chi connectivity index (χ3n) is 7.18. The van der Waals surface area contributed by atoms with Gasteiger partial charge in [-0.05, 0) is 67.6 Å². The van der Waals surface area contributed by atoms with Crippen LogP contribution in [-0.2, 0) is 0 Å². The fourth-order valence-electron chi connectivity index (χ4n) is 4.62. The summed E-state index contributed by atoms with van der Waals surface area (Å²) in [7, 11) is 3.19. The number of aliphatic hydroxyl groups excluding tert-OH is 1. The molecule has 1 heterocycles. The molecule has 0 spiro atoms. The third kappa shape index (κ3) is 7.72. The summed E-state index contributed by atoms with van der Waals surface area (Å²) >= 11 is 0. The van der Waals surface area contributed by atoms with Crippen LogP contribution < -0.4 is 25.4 Å². The lowest BCUT2D eigenvalue weighted by Crippen LogP contribution is -2.50. The zero-order chi connectivity index (χ0) is 31.1. The number of rotatable bonds is 8. The van der Waals surface area contributed by atoms with E-state index >= 15 is 0 Å². The van der Waals surface area contributed by atoms with Crippen molar-refractivity contribution in [2.45, 2.75) is 26.0 Å². The molecule has 1 aliphatic heterocycles. The Morgan fingerprint density at radius 2 is 1.72 bits per heavy atom. The summed E-state index contributed by atoms with van der Waals surface area (Å²) in [5.74, 6) is -0.281. The minimum absolute atomic E-state index is 0.136. The van der Waals surface area contributed by atoms with E-state index in [4.69, 9.17) is 9.47 Å². The molecule has 12 heteroatoms. The van der Waals surface area contributed by atoms with Gasteiger partial charge in [0.1, 0.15) is 17.7 Å². The standard InChI is InChI=1S/C31H36FN5O6/c1-19-16-37(20(2)18-38)29(39)25-6-5-7-26(35-30(40)33-22-10-8-21(32)9-11-22)28(25)43-27(19)17-36(3)31(41)34-23-12-14-24(42-4)15-13-23/h5-15,19-20,27,38H,16-18H2,1-4H3,(H,34,41)(H2,33,35,40)/t19-,20+,27-/m0/s1. The Bertz CT molecular complexity index is 1440. The van der Waals surface area contributed by atoms with Crippen LogP contribution in [0.4, 0.5) is 31.0 Å². The number of methoxy groups -OCH3 is 1. The molecule has 3 aromatic rings. The second kappa shape index (κ2) is 13.9. The average Bonchev–Trinajstić information content (AvgIpc) is 3.00. The van der Waals surface area contributed by atoms with Crippen molar-refractivity contribution >= 4 is 35.0 Å². The Morgan fingerprint density at radius 3 is 2.37 bits per heavy atom. The summed E-state index contributed by atoms with van der Waals surface area (Å²) in [6.45, 7) is 3.80. The normalized spacial score (nSPS) is 17.0. The van der Waals surface area contributed by atoms with Gasteiger partial charge in [0.05, 0.1) is 37.6 Å². The quantitative estimate of drug-likeness (QED) is 0.295. The summed E-state index contributed by atoms with van der Waals surface area (Å²) in [5, 5.41) is 18.1. The molecule has 0 radical (unpaired) electrons. The van der Waals surface area contributed by atoms with Gasteiger partial charge in [-0.2, -0.15) is 0 Å². The molecule has 5 amide bonds. The number of carbonyl (C=O) groups excluding carboxylic acids is 3. The smallest absolute Gasteiger partial charge is 0.323 e. The number of para-hydroxylation sites is 1. The summed E-state index contributed by atoms with van der Waals surface area (Å²) < 4.78 is 24.9. The molecule has 1 aliphatic rings. The maximum absolute atomic E-state index is 13.7. The van der Waals surface area contributed by atoms with Crippen molar-refractivity contribution in [1.29, 1.82) is 0 Å². The van der Waals surface area contributed by atoms with E-state index in [0.29, 0.717) is 17.1 Å².